The fourth-order valence-corrected chi connectivity index (χ4v) is 5.55. The van der Waals surface area contributed by atoms with Crippen molar-refractivity contribution in [2.75, 3.05) is 18.5 Å². The van der Waals surface area contributed by atoms with Crippen LogP contribution in [-0.2, 0) is 13.6 Å². The van der Waals surface area contributed by atoms with E-state index in [2.05, 4.69) is 20.6 Å². The van der Waals surface area contributed by atoms with E-state index in [9.17, 15) is 9.18 Å². The zero-order valence-electron chi connectivity index (χ0n) is 19.6. The quantitative estimate of drug-likeness (QED) is 0.448. The minimum absolute atomic E-state index is 0.212. The van der Waals surface area contributed by atoms with E-state index in [1.807, 2.05) is 19.2 Å². The Morgan fingerprint density at radius 3 is 2.63 bits per heavy atom. The second kappa shape index (κ2) is 10.3. The van der Waals surface area contributed by atoms with Crippen LogP contribution in [0.4, 0.5) is 14.9 Å². The van der Waals surface area contributed by atoms with Gasteiger partial charge in [0.2, 0.25) is 0 Å². The highest BCUT2D eigenvalue weighted by atomic mass is 35.5. The van der Waals surface area contributed by atoms with Gasteiger partial charge in [0, 0.05) is 43.5 Å². The predicted octanol–water partition coefficient (Wildman–Crippen LogP) is 5.21. The van der Waals surface area contributed by atoms with E-state index in [0.717, 1.165) is 12.1 Å². The van der Waals surface area contributed by atoms with Crippen molar-refractivity contribution in [2.24, 2.45) is 7.05 Å². The van der Waals surface area contributed by atoms with E-state index in [-0.39, 0.29) is 12.4 Å². The summed E-state index contributed by atoms with van der Waals surface area (Å²) in [5, 5.41) is 10.3. The molecule has 35 heavy (non-hydrogen) atoms. The molecule has 2 aromatic carbocycles. The molecule has 7 nitrogen and oxygen atoms in total. The number of carbonyl (C=O) groups excluding carboxylic acids is 1. The third-order valence-electron chi connectivity index (χ3n) is 6.94. The molecule has 2 aliphatic heterocycles. The van der Waals surface area contributed by atoms with Crippen molar-refractivity contribution in [2.45, 2.75) is 44.3 Å². The van der Waals surface area contributed by atoms with Crippen LogP contribution in [0.15, 0.2) is 48.7 Å². The van der Waals surface area contributed by atoms with Crippen LogP contribution in [0.25, 0.3) is 11.3 Å². The van der Waals surface area contributed by atoms with Gasteiger partial charge < -0.3 is 15.4 Å². The summed E-state index contributed by atoms with van der Waals surface area (Å²) < 4.78 is 21.3. The molecule has 0 atom stereocenters. The summed E-state index contributed by atoms with van der Waals surface area (Å²) >= 11 is 6.45. The third-order valence-corrected chi connectivity index (χ3v) is 7.22. The number of urea groups is 1. The third kappa shape index (κ3) is 5.28. The first-order valence-corrected chi connectivity index (χ1v) is 12.4. The number of hydrogen-bond donors (Lipinski definition) is 2. The van der Waals surface area contributed by atoms with Gasteiger partial charge in [0.05, 0.1) is 16.9 Å². The van der Waals surface area contributed by atoms with Gasteiger partial charge in [0.25, 0.3) is 0 Å². The summed E-state index contributed by atoms with van der Waals surface area (Å²) in [5.74, 6) is 0.350. The normalized spacial score (nSPS) is 19.2. The van der Waals surface area contributed by atoms with Crippen LogP contribution >= 0.6 is 11.6 Å². The number of hydrogen-bond acceptors (Lipinski definition) is 4. The summed E-state index contributed by atoms with van der Waals surface area (Å²) in [4.78, 5) is 15.1. The maximum atomic E-state index is 13.4. The summed E-state index contributed by atoms with van der Waals surface area (Å²) in [6.07, 6.45) is 6.77. The van der Waals surface area contributed by atoms with Crippen molar-refractivity contribution in [3.05, 3.63) is 65.1 Å². The van der Waals surface area contributed by atoms with E-state index >= 15 is 0 Å². The Bertz CT molecular complexity index is 1180. The number of nitrogens with one attached hydrogen (secondary N) is 2. The molecule has 0 aliphatic carbocycles. The van der Waals surface area contributed by atoms with E-state index in [4.69, 9.17) is 16.3 Å². The van der Waals surface area contributed by atoms with Crippen molar-refractivity contribution in [1.29, 1.82) is 0 Å². The Morgan fingerprint density at radius 2 is 1.94 bits per heavy atom. The second-order valence-corrected chi connectivity index (χ2v) is 9.57. The molecule has 0 saturated carbocycles. The molecule has 2 saturated heterocycles. The molecular weight excluding hydrogens is 469 g/mol. The summed E-state index contributed by atoms with van der Waals surface area (Å²) in [6, 6.07) is 12.6. The van der Waals surface area contributed by atoms with Crippen LogP contribution < -0.4 is 15.4 Å². The topological polar surface area (TPSA) is 71.4 Å². The number of fused-ring (bicyclic) bond motifs is 2. The molecule has 2 fully saturated rings. The lowest BCUT2D eigenvalue weighted by atomic mass is 10.0. The first-order chi connectivity index (χ1) is 17.0. The molecule has 3 aromatic rings. The maximum absolute atomic E-state index is 13.4. The minimum Gasteiger partial charge on any atom is -0.492 e. The Balaban J connectivity index is 1.28. The van der Waals surface area contributed by atoms with E-state index in [0.29, 0.717) is 46.4 Å². The summed E-state index contributed by atoms with van der Waals surface area (Å²) in [7, 11) is 1.82. The fraction of sp³-hybridized carbons (Fsp3) is 0.385. The van der Waals surface area contributed by atoms with Crippen LogP contribution in [0, 0.1) is 5.82 Å². The van der Waals surface area contributed by atoms with Crippen LogP contribution in [0.5, 0.6) is 5.75 Å². The number of amides is 2. The van der Waals surface area contributed by atoms with Crippen LogP contribution in [-0.4, -0.2) is 45.9 Å². The SMILES string of the molecule is Cn1ncc(Cl)c1-c1cc(NC(=O)NCc2cccc(F)c2)ccc1OCCN1C2CCC1CC2. The van der Waals surface area contributed by atoms with Crippen molar-refractivity contribution in [1.82, 2.24) is 20.0 Å². The number of aryl methyl sites for hydroxylation is 1. The van der Waals surface area contributed by atoms with Gasteiger partial charge in [-0.25, -0.2) is 9.18 Å². The highest BCUT2D eigenvalue weighted by Crippen LogP contribution is 2.38. The highest BCUT2D eigenvalue weighted by molar-refractivity contribution is 6.33. The van der Waals surface area contributed by atoms with Crippen molar-refractivity contribution in [3.8, 4) is 17.0 Å². The van der Waals surface area contributed by atoms with Gasteiger partial charge in [0.15, 0.2) is 0 Å². The molecule has 0 spiro atoms. The van der Waals surface area contributed by atoms with Gasteiger partial charge >= 0.3 is 6.03 Å². The standard InChI is InChI=1S/C26H29ClFN5O2/c1-32-25(23(27)16-30-32)22-14-19(31-26(34)29-15-17-3-2-4-18(28)13-17)5-10-24(22)35-12-11-33-20-6-7-21(33)9-8-20/h2-5,10,13-14,16,20-21H,6-9,11-12,15H2,1H3,(H2,29,31,34). The fourth-order valence-electron chi connectivity index (χ4n) is 5.28. The predicted molar refractivity (Wildman–Crippen MR) is 134 cm³/mol. The van der Waals surface area contributed by atoms with Crippen molar-refractivity contribution >= 4 is 23.3 Å². The van der Waals surface area contributed by atoms with E-state index < -0.39 is 6.03 Å². The van der Waals surface area contributed by atoms with Crippen LogP contribution in [0.3, 0.4) is 0 Å². The largest absolute Gasteiger partial charge is 0.492 e. The average Bonchev–Trinajstić information content (AvgIpc) is 3.52. The van der Waals surface area contributed by atoms with Gasteiger partial charge in [-0.05, 0) is 61.6 Å². The van der Waals surface area contributed by atoms with Gasteiger partial charge in [0.1, 0.15) is 18.2 Å². The Hall–Kier alpha value is -3.10. The Labute approximate surface area is 209 Å². The minimum atomic E-state index is -0.394. The first kappa shape index (κ1) is 23.6. The number of ether oxygens (including phenoxy) is 1. The summed E-state index contributed by atoms with van der Waals surface area (Å²) in [6.45, 7) is 1.69. The number of benzene rings is 2. The molecule has 9 heteroatoms. The molecule has 2 bridgehead atoms. The lowest BCUT2D eigenvalue weighted by Gasteiger charge is -2.22. The number of aromatic nitrogens is 2. The molecule has 5 rings (SSSR count). The summed E-state index contributed by atoms with van der Waals surface area (Å²) in [5.41, 5.74) is 2.73. The smallest absolute Gasteiger partial charge is 0.319 e. The molecule has 1 aromatic heterocycles. The average molecular weight is 498 g/mol. The molecule has 184 valence electrons. The van der Waals surface area contributed by atoms with Gasteiger partial charge in [-0.2, -0.15) is 5.10 Å². The van der Waals surface area contributed by atoms with E-state index in [1.54, 1.807) is 29.1 Å². The zero-order chi connectivity index (χ0) is 24.4. The molecular formula is C26H29ClFN5O2. The van der Waals surface area contributed by atoms with E-state index in [1.165, 1.54) is 37.8 Å². The van der Waals surface area contributed by atoms with Crippen molar-refractivity contribution < 1.29 is 13.9 Å². The second-order valence-electron chi connectivity index (χ2n) is 9.16. The van der Waals surface area contributed by atoms with Crippen LogP contribution in [0.2, 0.25) is 5.02 Å². The van der Waals surface area contributed by atoms with Gasteiger partial charge in [-0.15, -0.1) is 0 Å². The molecule has 3 heterocycles. The lowest BCUT2D eigenvalue weighted by molar-refractivity contribution is 0.194. The monoisotopic (exact) mass is 497 g/mol. The molecule has 2 N–H and O–H groups in total. The molecule has 2 aliphatic rings. The van der Waals surface area contributed by atoms with Gasteiger partial charge in [-0.3, -0.25) is 9.58 Å². The number of anilines is 1. The molecule has 0 radical (unpaired) electrons. The number of rotatable bonds is 8. The van der Waals surface area contributed by atoms with Crippen LogP contribution in [0.1, 0.15) is 31.2 Å². The number of carbonyl (C=O) groups is 1. The lowest BCUT2D eigenvalue weighted by Crippen LogP contribution is -2.32. The Kier molecular flexibility index (Phi) is 6.92. The zero-order valence-corrected chi connectivity index (χ0v) is 20.4. The van der Waals surface area contributed by atoms with Gasteiger partial charge in [-0.1, -0.05) is 23.7 Å². The highest BCUT2D eigenvalue weighted by Gasteiger charge is 2.38. The molecule has 0 unspecified atom stereocenters. The maximum Gasteiger partial charge on any atom is 0.319 e. The Morgan fingerprint density at radius 1 is 1.17 bits per heavy atom. The molecule has 2 amide bonds. The van der Waals surface area contributed by atoms with Crippen molar-refractivity contribution in [3.63, 3.8) is 0 Å². The number of halogens is 2. The number of nitrogens with zero attached hydrogens (tertiary/aromatic N) is 3. The first-order valence-electron chi connectivity index (χ1n) is 12.0.